The van der Waals surface area contributed by atoms with Crippen LogP contribution in [0.15, 0.2) is 17.2 Å². The van der Waals surface area contributed by atoms with Crippen LogP contribution in [0.4, 0.5) is 5.69 Å². The van der Waals surface area contributed by atoms with Crippen molar-refractivity contribution in [2.24, 2.45) is 5.10 Å². The molecular weight excluding hydrogens is 286 g/mol. The van der Waals surface area contributed by atoms with Gasteiger partial charge in [-0.1, -0.05) is 0 Å². The Balaban J connectivity index is 2.30. The van der Waals surface area contributed by atoms with Gasteiger partial charge in [-0.15, -0.1) is 0 Å². The average Bonchev–Trinajstić information content (AvgIpc) is 2.47. The second-order valence-electron chi connectivity index (χ2n) is 5.58. The normalized spacial score (nSPS) is 22.0. The van der Waals surface area contributed by atoms with Gasteiger partial charge >= 0.3 is 0 Å². The van der Waals surface area contributed by atoms with Crippen LogP contribution in [0.25, 0.3) is 0 Å². The van der Waals surface area contributed by atoms with Crippen LogP contribution in [0, 0.1) is 10.1 Å². The number of nitrogens with zero attached hydrogens (tertiary/aromatic N) is 3. The van der Waals surface area contributed by atoms with Crippen molar-refractivity contribution >= 4 is 11.9 Å². The molecule has 0 N–H and O–H groups in total. The summed E-state index contributed by atoms with van der Waals surface area (Å²) in [5, 5.41) is 29.2. The van der Waals surface area contributed by atoms with Crippen molar-refractivity contribution in [1.29, 1.82) is 0 Å². The fraction of sp³-hybridized carbons (Fsp3) is 0.533. The smallest absolute Gasteiger partial charge is 0.266 e. The highest BCUT2D eigenvalue weighted by molar-refractivity contribution is 5.82. The van der Waals surface area contributed by atoms with Crippen molar-refractivity contribution in [2.45, 2.75) is 45.2 Å². The molecule has 0 amide bonds. The van der Waals surface area contributed by atoms with Crippen LogP contribution in [0.5, 0.6) is 11.5 Å². The van der Waals surface area contributed by atoms with E-state index in [4.69, 9.17) is 4.74 Å². The van der Waals surface area contributed by atoms with E-state index in [1.807, 2.05) is 5.01 Å². The first-order chi connectivity index (χ1) is 10.4. The van der Waals surface area contributed by atoms with Crippen LogP contribution >= 0.6 is 0 Å². The zero-order valence-electron chi connectivity index (χ0n) is 13.0. The molecule has 1 saturated heterocycles. The summed E-state index contributed by atoms with van der Waals surface area (Å²) >= 11 is 0. The monoisotopic (exact) mass is 306 g/mol. The van der Waals surface area contributed by atoms with Gasteiger partial charge in [0.25, 0.3) is 5.69 Å². The molecule has 22 heavy (non-hydrogen) atoms. The summed E-state index contributed by atoms with van der Waals surface area (Å²) in [6.07, 6.45) is 4.88. The molecule has 0 spiro atoms. The molecule has 1 aromatic carbocycles. The Bertz CT molecular complexity index is 578. The second-order valence-corrected chi connectivity index (χ2v) is 5.58. The molecule has 7 heteroatoms. The van der Waals surface area contributed by atoms with Crippen LogP contribution in [0.3, 0.4) is 0 Å². The standard InChI is InChI=1S/C15H21N3O4/c1-10-5-4-6-11(2)17(10)16-9-12-7-13(18(20)21)15(19)14(8-12)22-3/h7-11,19H,4-6H2,1-3H3/p-1/b16-9-/t10-,11+. The number of hydrogen-bond donors (Lipinski definition) is 0. The molecule has 1 aliphatic rings. The maximum Gasteiger partial charge on any atom is 0.266 e. The lowest BCUT2D eigenvalue weighted by Gasteiger charge is -2.36. The number of methoxy groups -OCH3 is 1. The zero-order valence-corrected chi connectivity index (χ0v) is 13.0. The van der Waals surface area contributed by atoms with Gasteiger partial charge < -0.3 is 9.84 Å². The third-order valence-corrected chi connectivity index (χ3v) is 3.96. The van der Waals surface area contributed by atoms with Gasteiger partial charge in [-0.05, 0) is 39.2 Å². The largest absolute Gasteiger partial charge is 0.865 e. The van der Waals surface area contributed by atoms with Gasteiger partial charge in [0.2, 0.25) is 0 Å². The number of nitro groups is 1. The number of piperidine rings is 1. The molecule has 1 fully saturated rings. The van der Waals surface area contributed by atoms with E-state index in [0.29, 0.717) is 17.6 Å². The van der Waals surface area contributed by atoms with Gasteiger partial charge in [-0.3, -0.25) is 15.1 Å². The van der Waals surface area contributed by atoms with Crippen molar-refractivity contribution in [3.05, 3.63) is 27.8 Å². The lowest BCUT2D eigenvalue weighted by atomic mass is 10.00. The number of ether oxygens (including phenoxy) is 1. The molecular formula is C15H20N3O4-. The third-order valence-electron chi connectivity index (χ3n) is 3.96. The molecule has 1 heterocycles. The van der Waals surface area contributed by atoms with E-state index in [2.05, 4.69) is 18.9 Å². The molecule has 0 saturated carbocycles. The number of benzene rings is 1. The minimum atomic E-state index is -0.718. The van der Waals surface area contributed by atoms with Gasteiger partial charge in [0.1, 0.15) is 5.75 Å². The SMILES string of the molecule is COc1cc(/C=N\N2[C@H](C)CCC[C@@H]2C)cc([N+](=O)[O-])c1[O-]. The fourth-order valence-corrected chi connectivity index (χ4v) is 2.74. The van der Waals surface area contributed by atoms with Gasteiger partial charge in [0.05, 0.1) is 18.2 Å². The Morgan fingerprint density at radius 1 is 1.36 bits per heavy atom. The van der Waals surface area contributed by atoms with Crippen molar-refractivity contribution in [2.75, 3.05) is 7.11 Å². The van der Waals surface area contributed by atoms with E-state index in [0.717, 1.165) is 12.8 Å². The summed E-state index contributed by atoms with van der Waals surface area (Å²) in [7, 11) is 1.32. The predicted molar refractivity (Wildman–Crippen MR) is 81.3 cm³/mol. The summed E-state index contributed by atoms with van der Waals surface area (Å²) in [6.45, 7) is 4.22. The Morgan fingerprint density at radius 3 is 2.55 bits per heavy atom. The molecule has 1 aliphatic heterocycles. The minimum absolute atomic E-state index is 0.0459. The Labute approximate surface area is 129 Å². The molecule has 0 aromatic heterocycles. The summed E-state index contributed by atoms with van der Waals surface area (Å²) in [5.41, 5.74) is -0.0198. The lowest BCUT2D eigenvalue weighted by Crippen LogP contribution is -2.39. The molecule has 1 aromatic rings. The van der Waals surface area contributed by atoms with E-state index in [-0.39, 0.29) is 5.75 Å². The third kappa shape index (κ3) is 3.29. The van der Waals surface area contributed by atoms with Crippen LogP contribution < -0.4 is 9.84 Å². The van der Waals surface area contributed by atoms with Crippen molar-refractivity contribution in [3.8, 4) is 11.5 Å². The molecule has 120 valence electrons. The number of hydrazone groups is 1. The molecule has 0 aliphatic carbocycles. The van der Waals surface area contributed by atoms with Crippen LogP contribution in [0.2, 0.25) is 0 Å². The van der Waals surface area contributed by atoms with E-state index in [1.54, 1.807) is 6.21 Å². The van der Waals surface area contributed by atoms with E-state index >= 15 is 0 Å². The molecule has 2 atom stereocenters. The van der Waals surface area contributed by atoms with E-state index < -0.39 is 16.4 Å². The molecule has 7 nitrogen and oxygen atoms in total. The van der Waals surface area contributed by atoms with Crippen LogP contribution in [-0.2, 0) is 0 Å². The molecule has 0 radical (unpaired) electrons. The van der Waals surface area contributed by atoms with E-state index in [9.17, 15) is 15.2 Å². The first-order valence-corrected chi connectivity index (χ1v) is 7.29. The van der Waals surface area contributed by atoms with Gasteiger partial charge in [0, 0.05) is 29.5 Å². The lowest BCUT2D eigenvalue weighted by molar-refractivity contribution is -0.398. The molecule has 0 unspecified atom stereocenters. The average molecular weight is 306 g/mol. The highest BCUT2D eigenvalue weighted by atomic mass is 16.6. The zero-order chi connectivity index (χ0) is 16.3. The summed E-state index contributed by atoms with van der Waals surface area (Å²) < 4.78 is 4.92. The number of nitro benzene ring substituents is 1. The topological polar surface area (TPSA) is 91.0 Å². The Hall–Kier alpha value is -2.31. The fourth-order valence-electron chi connectivity index (χ4n) is 2.74. The number of hydrogen-bond acceptors (Lipinski definition) is 6. The first kappa shape index (κ1) is 16.1. The van der Waals surface area contributed by atoms with Crippen molar-refractivity contribution < 1.29 is 14.8 Å². The maximum absolute atomic E-state index is 11.8. The molecule has 2 rings (SSSR count). The second kappa shape index (κ2) is 6.64. The predicted octanol–water partition coefficient (Wildman–Crippen LogP) is 2.27. The summed E-state index contributed by atoms with van der Waals surface area (Å²) in [4.78, 5) is 10.2. The highest BCUT2D eigenvalue weighted by Gasteiger charge is 2.22. The quantitative estimate of drug-likeness (QED) is 0.483. The summed E-state index contributed by atoms with van der Waals surface area (Å²) in [5.74, 6) is -0.764. The maximum atomic E-state index is 11.8. The van der Waals surface area contributed by atoms with Crippen LogP contribution in [-0.4, -0.2) is 35.3 Å². The minimum Gasteiger partial charge on any atom is -0.865 e. The summed E-state index contributed by atoms with van der Waals surface area (Å²) in [6, 6.07) is 3.36. The van der Waals surface area contributed by atoms with Crippen LogP contribution in [0.1, 0.15) is 38.7 Å². The Morgan fingerprint density at radius 2 is 2.00 bits per heavy atom. The van der Waals surface area contributed by atoms with Crippen molar-refractivity contribution in [3.63, 3.8) is 0 Å². The van der Waals surface area contributed by atoms with Gasteiger partial charge in [0.15, 0.2) is 0 Å². The molecule has 0 bridgehead atoms. The van der Waals surface area contributed by atoms with Gasteiger partial charge in [-0.25, -0.2) is 0 Å². The van der Waals surface area contributed by atoms with Gasteiger partial charge in [-0.2, -0.15) is 5.10 Å². The Kier molecular flexibility index (Phi) is 4.85. The van der Waals surface area contributed by atoms with Crippen molar-refractivity contribution in [1.82, 2.24) is 5.01 Å². The number of rotatable bonds is 4. The highest BCUT2D eigenvalue weighted by Crippen LogP contribution is 2.34. The van der Waals surface area contributed by atoms with E-state index in [1.165, 1.54) is 25.7 Å². The first-order valence-electron chi connectivity index (χ1n) is 7.29.